The van der Waals surface area contributed by atoms with Crippen molar-refractivity contribution in [2.24, 2.45) is 0 Å². The Kier molecular flexibility index (Phi) is 9.82. The summed E-state index contributed by atoms with van der Waals surface area (Å²) in [5.74, 6) is -0.383. The highest BCUT2D eigenvalue weighted by molar-refractivity contribution is 7.92. The highest BCUT2D eigenvalue weighted by Crippen LogP contribution is 2.32. The average molecular weight is 564 g/mol. The Hall–Kier alpha value is -3.85. The third-order valence-electron chi connectivity index (χ3n) is 7.25. The molecule has 0 saturated heterocycles. The number of nitrogens with zero attached hydrogens (tertiary/aromatic N) is 2. The van der Waals surface area contributed by atoms with Gasteiger partial charge in [-0.1, -0.05) is 80.4 Å². The van der Waals surface area contributed by atoms with Crippen LogP contribution in [0.2, 0.25) is 0 Å². The van der Waals surface area contributed by atoms with E-state index in [9.17, 15) is 18.0 Å². The molecule has 1 fully saturated rings. The molecule has 0 spiro atoms. The number of anilines is 1. The van der Waals surface area contributed by atoms with Crippen molar-refractivity contribution in [2.75, 3.05) is 18.0 Å². The smallest absolute Gasteiger partial charge is 0.264 e. The summed E-state index contributed by atoms with van der Waals surface area (Å²) in [5.41, 5.74) is 1.09. The summed E-state index contributed by atoms with van der Waals surface area (Å²) in [6.45, 7) is 1.53. The van der Waals surface area contributed by atoms with E-state index in [4.69, 9.17) is 4.74 Å². The predicted molar refractivity (Wildman–Crippen MR) is 155 cm³/mol. The van der Waals surface area contributed by atoms with Crippen LogP contribution in [0.15, 0.2) is 89.8 Å². The Balaban J connectivity index is 1.72. The number of hydrogen-bond acceptors (Lipinski definition) is 5. The van der Waals surface area contributed by atoms with E-state index in [1.165, 1.54) is 24.1 Å². The predicted octanol–water partition coefficient (Wildman–Crippen LogP) is 4.76. The van der Waals surface area contributed by atoms with Crippen molar-refractivity contribution >= 4 is 27.5 Å². The molecular weight excluding hydrogens is 526 g/mol. The van der Waals surface area contributed by atoms with E-state index >= 15 is 0 Å². The Morgan fingerprint density at radius 3 is 2.15 bits per heavy atom. The summed E-state index contributed by atoms with van der Waals surface area (Å²) in [7, 11) is -2.70. The molecule has 8 nitrogen and oxygen atoms in total. The first-order chi connectivity index (χ1) is 19.3. The number of carbonyl (C=O) groups excluding carboxylic acids is 2. The number of methoxy groups -OCH3 is 1. The van der Waals surface area contributed by atoms with Crippen molar-refractivity contribution < 1.29 is 22.7 Å². The van der Waals surface area contributed by atoms with Crippen LogP contribution in [0.3, 0.4) is 0 Å². The fraction of sp³-hybridized carbons (Fsp3) is 0.355. The molecule has 0 aromatic heterocycles. The molecule has 3 aromatic carbocycles. The molecule has 40 heavy (non-hydrogen) atoms. The van der Waals surface area contributed by atoms with Crippen LogP contribution in [0.4, 0.5) is 5.69 Å². The van der Waals surface area contributed by atoms with Crippen molar-refractivity contribution in [1.82, 2.24) is 10.2 Å². The maximum atomic E-state index is 14.1. The first-order valence-electron chi connectivity index (χ1n) is 13.7. The number of rotatable bonds is 12. The number of amides is 2. The van der Waals surface area contributed by atoms with E-state index in [-0.39, 0.29) is 29.1 Å². The molecule has 9 heteroatoms. The molecule has 3 aromatic rings. The van der Waals surface area contributed by atoms with Crippen LogP contribution < -0.4 is 14.4 Å². The number of hydrogen-bond donors (Lipinski definition) is 1. The maximum absolute atomic E-state index is 14.1. The number of para-hydroxylation sites is 2. The Bertz CT molecular complexity index is 1380. The third kappa shape index (κ3) is 6.83. The lowest BCUT2D eigenvalue weighted by atomic mass is 10.1. The van der Waals surface area contributed by atoms with Crippen LogP contribution in [-0.2, 0) is 26.2 Å². The van der Waals surface area contributed by atoms with Gasteiger partial charge in [0.2, 0.25) is 11.8 Å². The second-order valence-corrected chi connectivity index (χ2v) is 11.8. The standard InChI is InChI=1S/C31H37N3O5S/c1-3-27(31(36)32-25-16-10-11-17-25)33(22-24-14-6-4-7-15-24)30(35)23-34(28-20-12-13-21-29(28)39-2)40(37,38)26-18-8-5-9-19-26/h4-9,12-15,18-21,25,27H,3,10-11,16-17,22-23H2,1-2H3,(H,32,36)/t27-/m0/s1. The van der Waals surface area contributed by atoms with Gasteiger partial charge in [0.05, 0.1) is 17.7 Å². The van der Waals surface area contributed by atoms with E-state index in [1.54, 1.807) is 42.5 Å². The highest BCUT2D eigenvalue weighted by Gasteiger charge is 2.35. The Morgan fingerprint density at radius 1 is 0.925 bits per heavy atom. The minimum Gasteiger partial charge on any atom is -0.495 e. The third-order valence-corrected chi connectivity index (χ3v) is 9.02. The van der Waals surface area contributed by atoms with Crippen molar-refractivity contribution in [3.63, 3.8) is 0 Å². The summed E-state index contributed by atoms with van der Waals surface area (Å²) >= 11 is 0. The van der Waals surface area contributed by atoms with Crippen molar-refractivity contribution in [2.45, 2.75) is 62.6 Å². The zero-order valence-electron chi connectivity index (χ0n) is 23.0. The van der Waals surface area contributed by atoms with Crippen LogP contribution in [0.5, 0.6) is 5.75 Å². The number of sulfonamides is 1. The number of carbonyl (C=O) groups is 2. The summed E-state index contributed by atoms with van der Waals surface area (Å²) < 4.78 is 34.4. The maximum Gasteiger partial charge on any atom is 0.264 e. The molecule has 0 heterocycles. The molecule has 1 atom stereocenters. The summed E-state index contributed by atoms with van der Waals surface area (Å²) in [6.07, 6.45) is 4.37. The Labute approximate surface area is 237 Å². The lowest BCUT2D eigenvalue weighted by Crippen LogP contribution is -2.53. The van der Waals surface area contributed by atoms with Gasteiger partial charge in [-0.2, -0.15) is 0 Å². The molecule has 1 aliphatic carbocycles. The van der Waals surface area contributed by atoms with E-state index in [0.29, 0.717) is 12.2 Å². The van der Waals surface area contributed by atoms with Gasteiger partial charge in [0.25, 0.3) is 10.0 Å². The van der Waals surface area contributed by atoms with Gasteiger partial charge in [-0.05, 0) is 49.1 Å². The van der Waals surface area contributed by atoms with Crippen LogP contribution in [-0.4, -0.2) is 50.9 Å². The van der Waals surface area contributed by atoms with Crippen molar-refractivity contribution in [1.29, 1.82) is 0 Å². The van der Waals surface area contributed by atoms with Gasteiger partial charge in [-0.3, -0.25) is 13.9 Å². The molecule has 1 saturated carbocycles. The summed E-state index contributed by atoms with van der Waals surface area (Å²) in [5, 5.41) is 3.13. The molecule has 1 aliphatic rings. The first kappa shape index (κ1) is 29.1. The normalized spacial score (nSPS) is 14.3. The number of nitrogens with one attached hydrogen (secondary N) is 1. The monoisotopic (exact) mass is 563 g/mol. The molecule has 0 bridgehead atoms. The van der Waals surface area contributed by atoms with Gasteiger partial charge in [-0.15, -0.1) is 0 Å². The van der Waals surface area contributed by atoms with Crippen LogP contribution in [0.25, 0.3) is 0 Å². The number of ether oxygens (including phenoxy) is 1. The largest absolute Gasteiger partial charge is 0.495 e. The fourth-order valence-electron chi connectivity index (χ4n) is 5.14. The molecule has 1 N–H and O–H groups in total. The highest BCUT2D eigenvalue weighted by atomic mass is 32.2. The Morgan fingerprint density at radius 2 is 1.52 bits per heavy atom. The quantitative estimate of drug-likeness (QED) is 0.343. The van der Waals surface area contributed by atoms with Gasteiger partial charge >= 0.3 is 0 Å². The minimum atomic E-state index is -4.15. The summed E-state index contributed by atoms with van der Waals surface area (Å²) in [4.78, 5) is 29.2. The molecule has 0 unspecified atom stereocenters. The second kappa shape index (κ2) is 13.5. The van der Waals surface area contributed by atoms with Gasteiger partial charge in [0.15, 0.2) is 0 Å². The fourth-order valence-corrected chi connectivity index (χ4v) is 6.58. The van der Waals surface area contributed by atoms with Crippen molar-refractivity contribution in [3.8, 4) is 5.75 Å². The zero-order chi connectivity index (χ0) is 28.5. The van der Waals surface area contributed by atoms with Crippen LogP contribution >= 0.6 is 0 Å². The van der Waals surface area contributed by atoms with Crippen LogP contribution in [0, 0.1) is 0 Å². The lowest BCUT2D eigenvalue weighted by molar-refractivity contribution is -0.140. The van der Waals surface area contributed by atoms with E-state index in [0.717, 1.165) is 35.6 Å². The molecule has 212 valence electrons. The topological polar surface area (TPSA) is 96.0 Å². The van der Waals surface area contributed by atoms with Gasteiger partial charge < -0.3 is 15.0 Å². The molecule has 2 amide bonds. The van der Waals surface area contributed by atoms with Gasteiger partial charge in [0.1, 0.15) is 18.3 Å². The minimum absolute atomic E-state index is 0.0503. The first-order valence-corrected chi connectivity index (χ1v) is 15.1. The van der Waals surface area contributed by atoms with Crippen molar-refractivity contribution in [3.05, 3.63) is 90.5 Å². The van der Waals surface area contributed by atoms with E-state index in [1.807, 2.05) is 37.3 Å². The average Bonchev–Trinajstić information content (AvgIpc) is 3.49. The van der Waals surface area contributed by atoms with Crippen LogP contribution in [0.1, 0.15) is 44.6 Å². The molecule has 4 rings (SSSR count). The zero-order valence-corrected chi connectivity index (χ0v) is 23.8. The SMILES string of the molecule is CC[C@@H](C(=O)NC1CCCC1)N(Cc1ccccc1)C(=O)CN(c1ccccc1OC)S(=O)(=O)c1ccccc1. The molecule has 0 radical (unpaired) electrons. The summed E-state index contributed by atoms with van der Waals surface area (Å²) in [6, 6.07) is 23.4. The second-order valence-electron chi connectivity index (χ2n) is 9.92. The van der Waals surface area contributed by atoms with E-state index in [2.05, 4.69) is 5.32 Å². The lowest BCUT2D eigenvalue weighted by Gasteiger charge is -2.34. The van der Waals surface area contributed by atoms with Gasteiger partial charge in [0, 0.05) is 12.6 Å². The number of benzene rings is 3. The van der Waals surface area contributed by atoms with Gasteiger partial charge in [-0.25, -0.2) is 8.42 Å². The van der Waals surface area contributed by atoms with E-state index < -0.39 is 28.5 Å². The molecular formula is C31H37N3O5S. The molecule has 0 aliphatic heterocycles.